The molecule has 0 amide bonds. The minimum absolute atomic E-state index is 0.0640. The highest BCUT2D eigenvalue weighted by molar-refractivity contribution is 5.70. The fourth-order valence-corrected chi connectivity index (χ4v) is 6.72. The van der Waals surface area contributed by atoms with Crippen LogP contribution in [0.3, 0.4) is 0 Å². The summed E-state index contributed by atoms with van der Waals surface area (Å²) in [5, 5.41) is 9.59. The Kier molecular flexibility index (Phi) is 42.4. The van der Waals surface area contributed by atoms with Gasteiger partial charge in [0, 0.05) is 12.8 Å². The molecule has 0 saturated carbocycles. The molecule has 5 nitrogen and oxygen atoms in total. The van der Waals surface area contributed by atoms with Crippen LogP contribution in [0, 0.1) is 0 Å². The van der Waals surface area contributed by atoms with Crippen LogP contribution in [0.25, 0.3) is 0 Å². The molecule has 0 aliphatic rings. The van der Waals surface area contributed by atoms with Gasteiger partial charge in [0.05, 0.1) is 6.61 Å². The van der Waals surface area contributed by atoms with Gasteiger partial charge in [0.15, 0.2) is 6.10 Å². The molecule has 0 aromatic rings. The summed E-state index contributed by atoms with van der Waals surface area (Å²) in [5.41, 5.74) is 0. The minimum Gasteiger partial charge on any atom is -0.462 e. The number of unbranched alkanes of at least 4 members (excludes halogenated alkanes) is 30. The Labute approximate surface area is 323 Å². The van der Waals surface area contributed by atoms with Crippen molar-refractivity contribution in [2.75, 3.05) is 13.2 Å². The highest BCUT2D eigenvalue weighted by Gasteiger charge is 2.16. The lowest BCUT2D eigenvalue weighted by Gasteiger charge is -2.15. The van der Waals surface area contributed by atoms with Crippen molar-refractivity contribution in [3.8, 4) is 0 Å². The molecule has 306 valence electrons. The Morgan fingerprint density at radius 2 is 0.712 bits per heavy atom. The van der Waals surface area contributed by atoms with Crippen LogP contribution in [0.4, 0.5) is 0 Å². The van der Waals surface area contributed by atoms with Gasteiger partial charge in [-0.15, -0.1) is 0 Å². The zero-order valence-corrected chi connectivity index (χ0v) is 34.8. The zero-order valence-electron chi connectivity index (χ0n) is 34.8. The number of rotatable bonds is 42. The first-order valence-electron chi connectivity index (χ1n) is 22.9. The van der Waals surface area contributed by atoms with Gasteiger partial charge in [-0.2, -0.15) is 0 Å². The van der Waals surface area contributed by atoms with Crippen LogP contribution in [0.1, 0.15) is 245 Å². The maximum atomic E-state index is 12.2. The second-order valence-corrected chi connectivity index (χ2v) is 15.5. The van der Waals surface area contributed by atoms with Gasteiger partial charge in [-0.05, 0) is 64.2 Å². The third kappa shape index (κ3) is 41.1. The summed E-state index contributed by atoms with van der Waals surface area (Å²) in [7, 11) is 0. The molecular weight excluding hydrogens is 645 g/mol. The Hall–Kier alpha value is -1.62. The summed E-state index contributed by atoms with van der Waals surface area (Å²) in [6, 6.07) is 0. The molecule has 1 unspecified atom stereocenters. The molecule has 0 aliphatic heterocycles. The molecule has 1 N–H and O–H groups in total. The van der Waals surface area contributed by atoms with E-state index in [9.17, 15) is 14.7 Å². The van der Waals surface area contributed by atoms with E-state index >= 15 is 0 Å². The van der Waals surface area contributed by atoms with Gasteiger partial charge in [-0.3, -0.25) is 9.59 Å². The van der Waals surface area contributed by atoms with E-state index in [4.69, 9.17) is 9.47 Å². The molecule has 0 rings (SSSR count). The molecular formula is C47H88O5. The van der Waals surface area contributed by atoms with Gasteiger partial charge in [-0.25, -0.2) is 0 Å². The van der Waals surface area contributed by atoms with E-state index in [2.05, 4.69) is 38.2 Å². The third-order valence-corrected chi connectivity index (χ3v) is 10.2. The topological polar surface area (TPSA) is 72.8 Å². The van der Waals surface area contributed by atoms with E-state index < -0.39 is 6.10 Å². The first-order valence-corrected chi connectivity index (χ1v) is 22.9. The van der Waals surface area contributed by atoms with Crippen molar-refractivity contribution in [3.63, 3.8) is 0 Å². The summed E-state index contributed by atoms with van der Waals surface area (Å²) in [6.45, 7) is 4.15. The fourth-order valence-electron chi connectivity index (χ4n) is 6.72. The van der Waals surface area contributed by atoms with Crippen molar-refractivity contribution in [3.05, 3.63) is 24.3 Å². The van der Waals surface area contributed by atoms with Crippen molar-refractivity contribution in [1.29, 1.82) is 0 Å². The van der Waals surface area contributed by atoms with Gasteiger partial charge in [0.1, 0.15) is 6.61 Å². The first kappa shape index (κ1) is 50.4. The number of hydrogen-bond donors (Lipinski definition) is 1. The standard InChI is InChI=1S/C47H88O5/c1-3-5-7-9-11-13-15-17-19-21-23-25-27-29-31-33-35-37-39-41-46(49)51-44-45(43-48)52-47(50)42-40-38-36-34-32-30-28-26-24-22-20-18-16-14-12-10-8-6-4-2/h17-20,45,48H,3-16,21-44H2,1-2H3. The average molecular weight is 733 g/mol. The molecule has 0 spiro atoms. The predicted octanol–water partition coefficient (Wildman–Crippen LogP) is 14.6. The highest BCUT2D eigenvalue weighted by atomic mass is 16.6. The lowest BCUT2D eigenvalue weighted by molar-refractivity contribution is -0.161. The molecule has 0 aliphatic carbocycles. The van der Waals surface area contributed by atoms with Crippen molar-refractivity contribution < 1.29 is 24.2 Å². The van der Waals surface area contributed by atoms with E-state index in [0.717, 1.165) is 38.5 Å². The Morgan fingerprint density at radius 1 is 0.423 bits per heavy atom. The summed E-state index contributed by atoms with van der Waals surface area (Å²) in [4.78, 5) is 24.4. The summed E-state index contributed by atoms with van der Waals surface area (Å²) in [5.74, 6) is -0.585. The van der Waals surface area contributed by atoms with Crippen molar-refractivity contribution in [2.24, 2.45) is 0 Å². The Balaban J connectivity index is 3.50. The molecule has 5 heteroatoms. The van der Waals surface area contributed by atoms with Crippen LogP contribution < -0.4 is 0 Å². The molecule has 1 atom stereocenters. The molecule has 0 aromatic carbocycles. The van der Waals surface area contributed by atoms with Gasteiger partial charge >= 0.3 is 11.9 Å². The van der Waals surface area contributed by atoms with Crippen LogP contribution in [0.5, 0.6) is 0 Å². The van der Waals surface area contributed by atoms with E-state index in [1.165, 1.54) is 180 Å². The molecule has 0 fully saturated rings. The molecule has 52 heavy (non-hydrogen) atoms. The molecule has 0 saturated heterocycles. The van der Waals surface area contributed by atoms with Gasteiger partial charge < -0.3 is 14.6 Å². The van der Waals surface area contributed by atoms with Crippen molar-refractivity contribution in [1.82, 2.24) is 0 Å². The minimum atomic E-state index is -0.770. The third-order valence-electron chi connectivity index (χ3n) is 10.2. The van der Waals surface area contributed by atoms with E-state index in [-0.39, 0.29) is 25.2 Å². The molecule has 0 heterocycles. The maximum absolute atomic E-state index is 12.2. The quantitative estimate of drug-likeness (QED) is 0.0384. The number of allylic oxidation sites excluding steroid dienone is 4. The Morgan fingerprint density at radius 3 is 1.04 bits per heavy atom. The Bertz CT molecular complexity index is 791. The smallest absolute Gasteiger partial charge is 0.306 e. The fraction of sp³-hybridized carbons (Fsp3) is 0.872. The first-order chi connectivity index (χ1) is 25.6. The van der Waals surface area contributed by atoms with Crippen LogP contribution in [-0.2, 0) is 19.1 Å². The summed E-state index contributed by atoms with van der Waals surface area (Å²) >= 11 is 0. The molecule has 0 bridgehead atoms. The summed E-state index contributed by atoms with van der Waals surface area (Å²) in [6.07, 6.45) is 52.5. The second kappa shape index (κ2) is 43.8. The molecule has 0 radical (unpaired) electrons. The van der Waals surface area contributed by atoms with Crippen LogP contribution in [0.2, 0.25) is 0 Å². The molecule has 0 aromatic heterocycles. The SMILES string of the molecule is CCCCCCCCC=CCCCCCCCCCCCC(=O)OCC(CO)OC(=O)CCCCCCCCCCCC=CCCCCCCCC. The highest BCUT2D eigenvalue weighted by Crippen LogP contribution is 2.15. The number of aliphatic hydroxyl groups excluding tert-OH is 1. The maximum Gasteiger partial charge on any atom is 0.306 e. The number of aliphatic hydroxyl groups is 1. The largest absolute Gasteiger partial charge is 0.462 e. The van der Waals surface area contributed by atoms with Gasteiger partial charge in [0.25, 0.3) is 0 Å². The van der Waals surface area contributed by atoms with Crippen LogP contribution in [-0.4, -0.2) is 36.4 Å². The lowest BCUT2D eigenvalue weighted by Crippen LogP contribution is -2.28. The average Bonchev–Trinajstić information content (AvgIpc) is 3.15. The van der Waals surface area contributed by atoms with Crippen molar-refractivity contribution in [2.45, 2.75) is 251 Å². The number of ether oxygens (including phenoxy) is 2. The summed E-state index contributed by atoms with van der Waals surface area (Å²) < 4.78 is 10.7. The van der Waals surface area contributed by atoms with E-state index in [1.807, 2.05) is 0 Å². The van der Waals surface area contributed by atoms with Crippen LogP contribution >= 0.6 is 0 Å². The number of carbonyl (C=O) groups excluding carboxylic acids is 2. The lowest BCUT2D eigenvalue weighted by atomic mass is 10.1. The predicted molar refractivity (Wildman–Crippen MR) is 224 cm³/mol. The van der Waals surface area contributed by atoms with Gasteiger partial charge in [0.2, 0.25) is 0 Å². The van der Waals surface area contributed by atoms with E-state index in [0.29, 0.717) is 12.8 Å². The monoisotopic (exact) mass is 733 g/mol. The number of hydrogen-bond acceptors (Lipinski definition) is 5. The number of esters is 2. The second-order valence-electron chi connectivity index (χ2n) is 15.5. The number of carbonyl (C=O) groups is 2. The van der Waals surface area contributed by atoms with Gasteiger partial charge in [-0.1, -0.05) is 192 Å². The normalized spacial score (nSPS) is 12.3. The van der Waals surface area contributed by atoms with Crippen molar-refractivity contribution >= 4 is 11.9 Å². The van der Waals surface area contributed by atoms with E-state index in [1.54, 1.807) is 0 Å². The van der Waals surface area contributed by atoms with Crippen LogP contribution in [0.15, 0.2) is 24.3 Å². The zero-order chi connectivity index (χ0) is 37.8.